The Morgan fingerprint density at radius 1 is 1.22 bits per heavy atom. The summed E-state index contributed by atoms with van der Waals surface area (Å²) in [5, 5.41) is 0.952. The average Bonchev–Trinajstić information content (AvgIpc) is 2.64. The van der Waals surface area contributed by atoms with Gasteiger partial charge in [0.15, 0.2) is 0 Å². The van der Waals surface area contributed by atoms with Gasteiger partial charge in [-0.1, -0.05) is 48.0 Å². The fourth-order valence-corrected chi connectivity index (χ4v) is 3.44. The lowest BCUT2D eigenvalue weighted by atomic mass is 9.89. The van der Waals surface area contributed by atoms with E-state index in [1.165, 1.54) is 43.6 Å². The molecule has 0 radical (unpaired) electrons. The number of benzene rings is 1. The minimum absolute atomic E-state index is 0.830. The summed E-state index contributed by atoms with van der Waals surface area (Å²) in [7, 11) is 0. The molecule has 0 amide bonds. The summed E-state index contributed by atoms with van der Waals surface area (Å²) < 4.78 is 0. The summed E-state index contributed by atoms with van der Waals surface area (Å²) in [6, 6.07) is 8.79. The van der Waals surface area contributed by atoms with E-state index in [1.807, 2.05) is 0 Å². The van der Waals surface area contributed by atoms with E-state index in [1.54, 1.807) is 0 Å². The zero-order valence-corrected chi connectivity index (χ0v) is 13.1. The molecule has 0 saturated carbocycles. The Kier molecular flexibility index (Phi) is 5.11. The molecule has 1 aromatic rings. The van der Waals surface area contributed by atoms with Gasteiger partial charge in [0.2, 0.25) is 0 Å². The predicted molar refractivity (Wildman–Crippen MR) is 83.5 cm³/mol. The third-order valence-electron chi connectivity index (χ3n) is 4.19. The van der Waals surface area contributed by atoms with Crippen molar-refractivity contribution < 1.29 is 0 Å². The van der Waals surface area contributed by atoms with Gasteiger partial charge in [-0.3, -0.25) is 0 Å². The summed E-state index contributed by atoms with van der Waals surface area (Å²) in [5.41, 5.74) is 2.85. The number of halogens is 1. The highest BCUT2D eigenvalue weighted by Gasteiger charge is 2.20. The molecule has 0 N–H and O–H groups in total. The monoisotopic (exact) mass is 309 g/mol. The van der Waals surface area contributed by atoms with Gasteiger partial charge in [-0.25, -0.2) is 0 Å². The van der Waals surface area contributed by atoms with Crippen molar-refractivity contribution in [2.75, 3.05) is 18.0 Å². The van der Waals surface area contributed by atoms with Crippen LogP contribution >= 0.6 is 15.9 Å². The van der Waals surface area contributed by atoms with Crippen LogP contribution in [-0.4, -0.2) is 13.1 Å². The van der Waals surface area contributed by atoms with Gasteiger partial charge in [-0.05, 0) is 42.7 Å². The molecule has 18 heavy (non-hydrogen) atoms. The van der Waals surface area contributed by atoms with Gasteiger partial charge in [-0.15, -0.1) is 0 Å². The van der Waals surface area contributed by atoms with Crippen molar-refractivity contribution in [3.8, 4) is 0 Å². The number of hydrogen-bond acceptors (Lipinski definition) is 1. The van der Waals surface area contributed by atoms with E-state index in [0.717, 1.165) is 17.2 Å². The van der Waals surface area contributed by atoms with Crippen molar-refractivity contribution in [1.29, 1.82) is 0 Å². The van der Waals surface area contributed by atoms with Crippen LogP contribution in [0.3, 0.4) is 0 Å². The van der Waals surface area contributed by atoms with E-state index in [0.29, 0.717) is 0 Å². The Hall–Kier alpha value is -0.500. The van der Waals surface area contributed by atoms with E-state index < -0.39 is 0 Å². The minimum atomic E-state index is 0.830. The lowest BCUT2D eigenvalue weighted by Gasteiger charge is -2.25. The van der Waals surface area contributed by atoms with Gasteiger partial charge in [0.25, 0.3) is 0 Å². The van der Waals surface area contributed by atoms with Gasteiger partial charge < -0.3 is 4.90 Å². The maximum Gasteiger partial charge on any atom is 0.0407 e. The number of rotatable bonds is 3. The van der Waals surface area contributed by atoms with Crippen molar-refractivity contribution in [2.24, 2.45) is 11.8 Å². The van der Waals surface area contributed by atoms with Crippen LogP contribution in [0.1, 0.15) is 38.7 Å². The third-order valence-corrected chi connectivity index (χ3v) is 4.80. The molecule has 0 spiro atoms. The highest BCUT2D eigenvalue weighted by atomic mass is 79.9. The molecule has 0 aliphatic carbocycles. The number of anilines is 1. The normalized spacial score (nSPS) is 21.1. The van der Waals surface area contributed by atoms with Crippen molar-refractivity contribution >= 4 is 21.6 Å². The lowest BCUT2D eigenvalue weighted by Crippen LogP contribution is -2.25. The SMILES string of the molecule is CC(C)C1CCCN(c2ccccc2CBr)CC1. The number of para-hydroxylation sites is 1. The van der Waals surface area contributed by atoms with Crippen molar-refractivity contribution in [2.45, 2.75) is 38.4 Å². The second-order valence-corrected chi connectivity index (χ2v) is 6.25. The highest BCUT2D eigenvalue weighted by Crippen LogP contribution is 2.29. The number of hydrogen-bond donors (Lipinski definition) is 0. The summed E-state index contributed by atoms with van der Waals surface area (Å²) in [6.45, 7) is 7.17. The quantitative estimate of drug-likeness (QED) is 0.722. The molecule has 1 aliphatic rings. The molecule has 1 nitrogen and oxygen atoms in total. The molecule has 2 heteroatoms. The largest absolute Gasteiger partial charge is 0.371 e. The Morgan fingerprint density at radius 2 is 2.00 bits per heavy atom. The average molecular weight is 310 g/mol. The zero-order valence-electron chi connectivity index (χ0n) is 11.5. The summed E-state index contributed by atoms with van der Waals surface area (Å²) in [6.07, 6.45) is 4.07. The molecule has 1 aliphatic heterocycles. The predicted octanol–water partition coefficient (Wildman–Crippen LogP) is 4.84. The van der Waals surface area contributed by atoms with E-state index in [4.69, 9.17) is 0 Å². The summed E-state index contributed by atoms with van der Waals surface area (Å²) in [5.74, 6) is 1.74. The zero-order chi connectivity index (χ0) is 13.0. The standard InChI is InChI=1S/C16H24BrN/c1-13(2)14-7-5-10-18(11-9-14)16-8-4-3-6-15(16)12-17/h3-4,6,8,13-14H,5,7,9-12H2,1-2H3. The van der Waals surface area contributed by atoms with Crippen LogP contribution < -0.4 is 4.90 Å². The fourth-order valence-electron chi connectivity index (χ4n) is 2.96. The molecule has 1 saturated heterocycles. The van der Waals surface area contributed by atoms with E-state index in [-0.39, 0.29) is 0 Å². The highest BCUT2D eigenvalue weighted by molar-refractivity contribution is 9.08. The maximum atomic E-state index is 3.60. The van der Waals surface area contributed by atoms with Crippen LogP contribution in [0.25, 0.3) is 0 Å². The first-order valence-corrected chi connectivity index (χ1v) is 8.23. The van der Waals surface area contributed by atoms with Gasteiger partial charge in [0.1, 0.15) is 0 Å². The summed E-state index contributed by atoms with van der Waals surface area (Å²) in [4.78, 5) is 2.58. The van der Waals surface area contributed by atoms with E-state index in [2.05, 4.69) is 58.9 Å². The number of nitrogens with zero attached hydrogens (tertiary/aromatic N) is 1. The van der Waals surface area contributed by atoms with Crippen LogP contribution in [0, 0.1) is 11.8 Å². The van der Waals surface area contributed by atoms with Gasteiger partial charge >= 0.3 is 0 Å². The van der Waals surface area contributed by atoms with Crippen molar-refractivity contribution in [3.05, 3.63) is 29.8 Å². The first-order chi connectivity index (χ1) is 8.72. The molecule has 1 unspecified atom stereocenters. The van der Waals surface area contributed by atoms with Crippen molar-refractivity contribution in [3.63, 3.8) is 0 Å². The molecular formula is C16H24BrN. The van der Waals surface area contributed by atoms with Gasteiger partial charge in [-0.2, -0.15) is 0 Å². The molecule has 1 fully saturated rings. The molecule has 0 bridgehead atoms. The first kappa shape index (κ1) is 13.9. The number of alkyl halides is 1. The van der Waals surface area contributed by atoms with Crippen molar-refractivity contribution in [1.82, 2.24) is 0 Å². The summed E-state index contributed by atoms with van der Waals surface area (Å²) >= 11 is 3.60. The van der Waals surface area contributed by atoms with Crippen LogP contribution in [0.2, 0.25) is 0 Å². The smallest absolute Gasteiger partial charge is 0.0407 e. The van der Waals surface area contributed by atoms with Gasteiger partial charge in [0, 0.05) is 24.1 Å². The molecule has 2 rings (SSSR count). The van der Waals surface area contributed by atoms with Crippen LogP contribution in [0.5, 0.6) is 0 Å². The topological polar surface area (TPSA) is 3.24 Å². The first-order valence-electron chi connectivity index (χ1n) is 7.11. The molecule has 0 aromatic heterocycles. The molecular weight excluding hydrogens is 286 g/mol. The van der Waals surface area contributed by atoms with E-state index >= 15 is 0 Å². The van der Waals surface area contributed by atoms with Gasteiger partial charge in [0.05, 0.1) is 0 Å². The molecule has 1 heterocycles. The molecule has 1 aromatic carbocycles. The Morgan fingerprint density at radius 3 is 2.72 bits per heavy atom. The maximum absolute atomic E-state index is 3.60. The second-order valence-electron chi connectivity index (χ2n) is 5.68. The third kappa shape index (κ3) is 3.28. The molecule has 100 valence electrons. The van der Waals surface area contributed by atoms with E-state index in [9.17, 15) is 0 Å². The van der Waals surface area contributed by atoms with Crippen LogP contribution in [-0.2, 0) is 5.33 Å². The Labute approximate surface area is 120 Å². The Balaban J connectivity index is 2.10. The Bertz CT molecular complexity index is 375. The second kappa shape index (κ2) is 6.60. The fraction of sp³-hybridized carbons (Fsp3) is 0.625. The molecule has 1 atom stereocenters. The lowest BCUT2D eigenvalue weighted by molar-refractivity contribution is 0.351. The minimum Gasteiger partial charge on any atom is -0.371 e. The van der Waals surface area contributed by atoms with Crippen LogP contribution in [0.15, 0.2) is 24.3 Å². The van der Waals surface area contributed by atoms with Crippen LogP contribution in [0.4, 0.5) is 5.69 Å².